The second kappa shape index (κ2) is 6.41. The van der Waals surface area contributed by atoms with E-state index in [1.807, 2.05) is 30.8 Å². The molecule has 3 nitrogen and oxygen atoms in total. The van der Waals surface area contributed by atoms with Gasteiger partial charge < -0.3 is 5.32 Å². The zero-order chi connectivity index (χ0) is 14.7. The molecule has 108 valence electrons. The number of nitrogens with zero attached hydrogens (tertiary/aromatic N) is 2. The van der Waals surface area contributed by atoms with Crippen molar-refractivity contribution in [1.82, 2.24) is 15.1 Å². The second-order valence-electron chi connectivity index (χ2n) is 5.10. The highest BCUT2D eigenvalue weighted by Crippen LogP contribution is 2.31. The number of aryl methyl sites for hydroxylation is 2. The molecule has 0 amide bonds. The molecule has 1 aromatic carbocycles. The summed E-state index contributed by atoms with van der Waals surface area (Å²) in [5, 5.41) is 8.61. The van der Waals surface area contributed by atoms with Crippen molar-refractivity contribution in [3.05, 3.63) is 41.3 Å². The fourth-order valence-electron chi connectivity index (χ4n) is 1.91. The summed E-state index contributed by atoms with van der Waals surface area (Å²) < 4.78 is 15.9. The number of halogens is 1. The van der Waals surface area contributed by atoms with Crippen LogP contribution in [0.3, 0.4) is 0 Å². The first-order valence-corrected chi connectivity index (χ1v) is 7.48. The lowest BCUT2D eigenvalue weighted by molar-refractivity contribution is 0.546. The van der Waals surface area contributed by atoms with E-state index in [2.05, 4.69) is 24.3 Å². The van der Waals surface area contributed by atoms with E-state index in [1.54, 1.807) is 17.8 Å². The monoisotopic (exact) mass is 293 g/mol. The highest BCUT2D eigenvalue weighted by Gasteiger charge is 2.12. The fourth-order valence-corrected chi connectivity index (χ4v) is 2.97. The van der Waals surface area contributed by atoms with Gasteiger partial charge in [-0.15, -0.1) is 0 Å². The number of hydrogen-bond donors (Lipinski definition) is 1. The molecular formula is C15H20FN3S. The molecule has 2 aromatic rings. The van der Waals surface area contributed by atoms with Gasteiger partial charge in [0.1, 0.15) is 5.82 Å². The summed E-state index contributed by atoms with van der Waals surface area (Å²) in [5.41, 5.74) is 1.68. The van der Waals surface area contributed by atoms with E-state index in [4.69, 9.17) is 0 Å². The van der Waals surface area contributed by atoms with E-state index in [1.165, 1.54) is 6.07 Å². The summed E-state index contributed by atoms with van der Waals surface area (Å²) in [6, 6.07) is 7.55. The predicted molar refractivity (Wildman–Crippen MR) is 80.4 cm³/mol. The van der Waals surface area contributed by atoms with Gasteiger partial charge in [0, 0.05) is 30.1 Å². The Bertz CT molecular complexity index is 593. The van der Waals surface area contributed by atoms with Crippen molar-refractivity contribution in [1.29, 1.82) is 0 Å². The van der Waals surface area contributed by atoms with Crippen molar-refractivity contribution in [3.8, 4) is 0 Å². The summed E-state index contributed by atoms with van der Waals surface area (Å²) in [7, 11) is 1.90. The Morgan fingerprint density at radius 3 is 2.75 bits per heavy atom. The molecule has 2 rings (SSSR count). The highest BCUT2D eigenvalue weighted by atomic mass is 32.2. The Morgan fingerprint density at radius 1 is 1.40 bits per heavy atom. The smallest absolute Gasteiger partial charge is 0.128 e. The topological polar surface area (TPSA) is 29.9 Å². The van der Waals surface area contributed by atoms with Crippen LogP contribution in [0.15, 0.2) is 34.2 Å². The first kappa shape index (κ1) is 15.1. The Labute approximate surface area is 123 Å². The first-order chi connectivity index (χ1) is 9.47. The van der Waals surface area contributed by atoms with Crippen LogP contribution in [0, 0.1) is 12.7 Å². The molecule has 1 heterocycles. The Kier molecular flexibility index (Phi) is 4.83. The third-order valence-corrected chi connectivity index (χ3v) is 4.13. The number of nitrogens with one attached hydrogen (secondary N) is 1. The zero-order valence-corrected chi connectivity index (χ0v) is 13.1. The highest BCUT2D eigenvalue weighted by molar-refractivity contribution is 7.99. The maximum Gasteiger partial charge on any atom is 0.128 e. The third kappa shape index (κ3) is 3.61. The van der Waals surface area contributed by atoms with Gasteiger partial charge in [-0.05, 0) is 25.1 Å². The molecular weight excluding hydrogens is 273 g/mol. The molecule has 0 unspecified atom stereocenters. The molecule has 0 aliphatic carbocycles. The number of rotatable bonds is 5. The minimum Gasteiger partial charge on any atom is -0.310 e. The fraction of sp³-hybridized carbons (Fsp3) is 0.400. The number of benzene rings is 1. The number of aromatic nitrogens is 2. The van der Waals surface area contributed by atoms with Crippen LogP contribution in [-0.4, -0.2) is 15.8 Å². The van der Waals surface area contributed by atoms with Crippen LogP contribution >= 0.6 is 11.8 Å². The Morgan fingerprint density at radius 2 is 2.15 bits per heavy atom. The normalized spacial score (nSPS) is 11.3. The van der Waals surface area contributed by atoms with Crippen LogP contribution in [0.5, 0.6) is 0 Å². The second-order valence-corrected chi connectivity index (χ2v) is 6.16. The minimum absolute atomic E-state index is 0.165. The third-order valence-electron chi connectivity index (χ3n) is 2.94. The Hall–Kier alpha value is -1.33. The first-order valence-electron chi connectivity index (χ1n) is 6.66. The van der Waals surface area contributed by atoms with Gasteiger partial charge >= 0.3 is 0 Å². The van der Waals surface area contributed by atoms with E-state index in [0.717, 1.165) is 15.6 Å². The van der Waals surface area contributed by atoms with Gasteiger partial charge in [0.25, 0.3) is 0 Å². The van der Waals surface area contributed by atoms with Crippen LogP contribution in [0.2, 0.25) is 0 Å². The van der Waals surface area contributed by atoms with E-state index >= 15 is 0 Å². The van der Waals surface area contributed by atoms with Crippen LogP contribution in [0.25, 0.3) is 0 Å². The summed E-state index contributed by atoms with van der Waals surface area (Å²) in [6.07, 6.45) is 0. The van der Waals surface area contributed by atoms with Gasteiger partial charge in [0.2, 0.25) is 0 Å². The van der Waals surface area contributed by atoms with Gasteiger partial charge in [-0.2, -0.15) is 5.10 Å². The van der Waals surface area contributed by atoms with Gasteiger partial charge in [-0.25, -0.2) is 4.39 Å². The van der Waals surface area contributed by atoms with Gasteiger partial charge in [0.05, 0.1) is 10.7 Å². The molecule has 0 fully saturated rings. The summed E-state index contributed by atoms with van der Waals surface area (Å²) in [4.78, 5) is 0.932. The quantitative estimate of drug-likeness (QED) is 0.915. The number of hydrogen-bond acceptors (Lipinski definition) is 3. The lowest BCUT2D eigenvalue weighted by Gasteiger charge is -2.13. The molecule has 1 N–H and O–H groups in total. The van der Waals surface area contributed by atoms with Crippen molar-refractivity contribution in [3.63, 3.8) is 0 Å². The maximum absolute atomic E-state index is 14.0. The minimum atomic E-state index is -0.165. The van der Waals surface area contributed by atoms with E-state index in [-0.39, 0.29) is 5.82 Å². The molecule has 0 spiro atoms. The van der Waals surface area contributed by atoms with E-state index in [9.17, 15) is 4.39 Å². The van der Waals surface area contributed by atoms with Gasteiger partial charge in [-0.3, -0.25) is 4.68 Å². The van der Waals surface area contributed by atoms with Gasteiger partial charge in [0.15, 0.2) is 0 Å². The standard InChI is InChI=1S/C15H20FN3S/c1-10(2)17-9-12-13(16)6-5-7-14(12)20-15-8-11(3)18-19(15)4/h5-8,10,17H,9H2,1-4H3. The van der Waals surface area contributed by atoms with Crippen LogP contribution in [0.1, 0.15) is 25.1 Å². The predicted octanol–water partition coefficient (Wildman–Crippen LogP) is 3.52. The van der Waals surface area contributed by atoms with Crippen molar-refractivity contribution < 1.29 is 4.39 Å². The van der Waals surface area contributed by atoms with E-state index < -0.39 is 0 Å². The average molecular weight is 293 g/mol. The summed E-state index contributed by atoms with van der Waals surface area (Å²) in [6.45, 7) is 6.59. The average Bonchev–Trinajstić information content (AvgIpc) is 2.67. The van der Waals surface area contributed by atoms with Crippen LogP contribution < -0.4 is 5.32 Å². The van der Waals surface area contributed by atoms with Crippen molar-refractivity contribution in [2.75, 3.05) is 0 Å². The van der Waals surface area contributed by atoms with Crippen molar-refractivity contribution >= 4 is 11.8 Å². The molecule has 0 radical (unpaired) electrons. The molecule has 0 aliphatic heterocycles. The molecule has 0 saturated heterocycles. The van der Waals surface area contributed by atoms with Crippen molar-refractivity contribution in [2.24, 2.45) is 7.05 Å². The van der Waals surface area contributed by atoms with Crippen LogP contribution in [0.4, 0.5) is 4.39 Å². The molecule has 1 aromatic heterocycles. The lowest BCUT2D eigenvalue weighted by Crippen LogP contribution is -2.22. The molecule has 0 saturated carbocycles. The van der Waals surface area contributed by atoms with E-state index in [0.29, 0.717) is 18.2 Å². The van der Waals surface area contributed by atoms with Crippen LogP contribution in [-0.2, 0) is 13.6 Å². The molecule has 0 atom stereocenters. The SMILES string of the molecule is Cc1cc(Sc2cccc(F)c2CNC(C)C)n(C)n1. The molecule has 5 heteroatoms. The zero-order valence-electron chi connectivity index (χ0n) is 12.3. The maximum atomic E-state index is 14.0. The van der Waals surface area contributed by atoms with Crippen molar-refractivity contribution in [2.45, 2.75) is 43.3 Å². The summed E-state index contributed by atoms with van der Waals surface area (Å²) >= 11 is 1.55. The lowest BCUT2D eigenvalue weighted by atomic mass is 10.2. The Balaban J connectivity index is 2.26. The molecule has 0 aliphatic rings. The van der Waals surface area contributed by atoms with Gasteiger partial charge in [-0.1, -0.05) is 31.7 Å². The molecule has 20 heavy (non-hydrogen) atoms. The molecule has 0 bridgehead atoms. The summed E-state index contributed by atoms with van der Waals surface area (Å²) in [5.74, 6) is -0.165. The largest absolute Gasteiger partial charge is 0.310 e.